The number of ether oxygens (including phenoxy) is 3. The van der Waals surface area contributed by atoms with E-state index in [2.05, 4.69) is 31.8 Å². The molecular weight excluding hydrogens is 658 g/mol. The van der Waals surface area contributed by atoms with Crippen LogP contribution in [0.1, 0.15) is 74.1 Å². The first-order chi connectivity index (χ1) is 25.2. The van der Waals surface area contributed by atoms with Crippen LogP contribution in [-0.2, 0) is 21.6 Å². The molecule has 2 N–H and O–H groups in total. The van der Waals surface area contributed by atoms with Crippen molar-refractivity contribution in [2.45, 2.75) is 70.5 Å². The molecule has 11 heteroatoms. The van der Waals surface area contributed by atoms with Gasteiger partial charge in [-0.25, -0.2) is 9.78 Å². The second kappa shape index (κ2) is 14.1. The molecule has 0 radical (unpaired) electrons. The van der Waals surface area contributed by atoms with Crippen molar-refractivity contribution < 1.29 is 28.9 Å². The molecule has 2 fully saturated rings. The van der Waals surface area contributed by atoms with Crippen LogP contribution in [0.5, 0.6) is 11.5 Å². The van der Waals surface area contributed by atoms with Gasteiger partial charge in [0.15, 0.2) is 0 Å². The van der Waals surface area contributed by atoms with Crippen molar-refractivity contribution in [3.05, 3.63) is 82.2 Å². The Kier molecular flexibility index (Phi) is 9.33. The summed E-state index contributed by atoms with van der Waals surface area (Å²) in [5, 5.41) is 13.0. The number of fused-ring (bicyclic) bond motifs is 6. The fourth-order valence-electron chi connectivity index (χ4n) is 8.89. The molecular formula is C41H49N5O6. The number of imidazole rings is 1. The van der Waals surface area contributed by atoms with Gasteiger partial charge in [-0.3, -0.25) is 9.69 Å². The van der Waals surface area contributed by atoms with Gasteiger partial charge in [-0.2, -0.15) is 0 Å². The fraction of sp³-hybridized carbons (Fsp3) is 0.488. The molecule has 1 aromatic heterocycles. The first-order valence-electron chi connectivity index (χ1n) is 18.8. The fourth-order valence-corrected chi connectivity index (χ4v) is 8.89. The van der Waals surface area contributed by atoms with E-state index in [1.165, 1.54) is 48.9 Å². The second-order valence-electron chi connectivity index (χ2n) is 15.2. The van der Waals surface area contributed by atoms with E-state index in [0.717, 1.165) is 54.3 Å². The molecule has 1 atom stereocenters. The molecule has 2 aromatic carbocycles. The number of rotatable bonds is 9. The number of aromatic nitrogens is 2. The van der Waals surface area contributed by atoms with Crippen LogP contribution in [0.4, 0.5) is 0 Å². The number of amides is 1. The lowest BCUT2D eigenvalue weighted by Gasteiger charge is -2.33. The number of hydrogen-bond donors (Lipinski definition) is 2. The Bertz CT molecular complexity index is 1980. The number of methoxy groups -OCH3 is 1. The van der Waals surface area contributed by atoms with Crippen LogP contribution in [0, 0.1) is 5.92 Å². The van der Waals surface area contributed by atoms with Crippen molar-refractivity contribution in [2.24, 2.45) is 5.92 Å². The number of allylic oxidation sites excluding steroid dienone is 2. The van der Waals surface area contributed by atoms with Crippen LogP contribution in [0.15, 0.2) is 65.3 Å². The lowest BCUT2D eigenvalue weighted by Crippen LogP contribution is -2.45. The Morgan fingerprint density at radius 2 is 1.81 bits per heavy atom. The Balaban J connectivity index is 1.10. The van der Waals surface area contributed by atoms with Crippen LogP contribution in [0.2, 0.25) is 0 Å². The molecule has 3 aromatic rings. The summed E-state index contributed by atoms with van der Waals surface area (Å²) in [4.78, 5) is 36.0. The van der Waals surface area contributed by atoms with Gasteiger partial charge >= 0.3 is 5.97 Å². The van der Waals surface area contributed by atoms with Crippen LogP contribution in [-0.4, -0.2) is 95.5 Å². The van der Waals surface area contributed by atoms with Gasteiger partial charge in [-0.15, -0.1) is 0 Å². The molecule has 52 heavy (non-hydrogen) atoms. The van der Waals surface area contributed by atoms with Gasteiger partial charge in [0.25, 0.3) is 0 Å². The summed E-state index contributed by atoms with van der Waals surface area (Å²) >= 11 is 0. The summed E-state index contributed by atoms with van der Waals surface area (Å²) < 4.78 is 19.6. The van der Waals surface area contributed by atoms with Gasteiger partial charge in [0, 0.05) is 49.8 Å². The van der Waals surface area contributed by atoms with E-state index in [0.29, 0.717) is 50.0 Å². The maximum Gasteiger partial charge on any atom is 0.335 e. The monoisotopic (exact) mass is 707 g/mol. The topological polar surface area (TPSA) is 118 Å². The predicted octanol–water partition coefficient (Wildman–Crippen LogP) is 5.75. The number of morpholine rings is 1. The van der Waals surface area contributed by atoms with Crippen LogP contribution in [0.3, 0.4) is 0 Å². The first kappa shape index (κ1) is 34.5. The van der Waals surface area contributed by atoms with Crippen molar-refractivity contribution in [1.82, 2.24) is 24.7 Å². The molecule has 5 aliphatic rings. The number of carboxylic acids is 1. The zero-order chi connectivity index (χ0) is 36.0. The first-order valence-corrected chi connectivity index (χ1v) is 18.8. The van der Waals surface area contributed by atoms with E-state index < -0.39 is 11.5 Å². The Morgan fingerprint density at radius 1 is 1.00 bits per heavy atom. The zero-order valence-corrected chi connectivity index (χ0v) is 30.5. The summed E-state index contributed by atoms with van der Waals surface area (Å²) in [6.45, 7) is 9.82. The summed E-state index contributed by atoms with van der Waals surface area (Å²) in [7, 11) is 1.68. The molecule has 274 valence electrons. The van der Waals surface area contributed by atoms with Crippen LogP contribution in [0.25, 0.3) is 16.7 Å². The Labute approximate surface area is 304 Å². The molecule has 1 amide bonds. The minimum absolute atomic E-state index is 0.0463. The molecule has 1 saturated heterocycles. The standard InChI is InChI=1S/C41H49N5O6/c1-41(2,40-42-32-23-28(39(48)49)10-14-33(32)46(40)16-15-44-17-20-51-21-18-44)43-38(47)27-9-12-30-34(24-27)45-19-22-52-35-25-29(50-3)11-13-31(35)37(45)36(30)26-7-5-4-6-8-26/h9-14,23,25-26,34H,4-8,15-22,24H2,1-3H3,(H,43,47)(H,48,49). The number of aromatic carboxylic acids is 1. The Morgan fingerprint density at radius 3 is 2.58 bits per heavy atom. The number of carboxylic acid groups (broad SMARTS) is 1. The van der Waals surface area contributed by atoms with Gasteiger partial charge < -0.3 is 34.1 Å². The number of carbonyl (C=O) groups is 2. The second-order valence-corrected chi connectivity index (χ2v) is 15.2. The van der Waals surface area contributed by atoms with Gasteiger partial charge in [-0.05, 0) is 74.1 Å². The summed E-state index contributed by atoms with van der Waals surface area (Å²) in [6.07, 6.45) is 10.9. The third-order valence-corrected chi connectivity index (χ3v) is 11.5. The average molecular weight is 708 g/mol. The molecule has 0 spiro atoms. The van der Waals surface area contributed by atoms with E-state index in [9.17, 15) is 14.7 Å². The van der Waals surface area contributed by atoms with E-state index in [4.69, 9.17) is 19.2 Å². The summed E-state index contributed by atoms with van der Waals surface area (Å²) in [5.74, 6) is 1.68. The van der Waals surface area contributed by atoms with E-state index in [1.807, 2.05) is 38.1 Å². The smallest absolute Gasteiger partial charge is 0.335 e. The highest BCUT2D eigenvalue weighted by Crippen LogP contribution is 2.51. The largest absolute Gasteiger partial charge is 0.497 e. The molecule has 3 aliphatic heterocycles. The van der Waals surface area contributed by atoms with E-state index >= 15 is 0 Å². The lowest BCUT2D eigenvalue weighted by molar-refractivity contribution is -0.119. The van der Waals surface area contributed by atoms with E-state index in [-0.39, 0.29) is 17.5 Å². The van der Waals surface area contributed by atoms with Crippen LogP contribution < -0.4 is 14.8 Å². The SMILES string of the molecule is COc1ccc2c(c1)OCCN1C2=C(C2CCCCC2)C2=CC=C(C(=O)NC(C)(C)c3nc4cc(C(=O)O)ccc4n3CCN3CCOCC3)CC21. The van der Waals surface area contributed by atoms with Gasteiger partial charge in [0.05, 0.1) is 60.7 Å². The highest BCUT2D eigenvalue weighted by Gasteiger charge is 2.44. The third kappa shape index (κ3) is 6.38. The number of carbonyl (C=O) groups excluding carboxylic acids is 1. The summed E-state index contributed by atoms with van der Waals surface area (Å²) in [6, 6.07) is 11.3. The molecule has 8 rings (SSSR count). The molecule has 11 nitrogen and oxygen atoms in total. The number of nitrogens with one attached hydrogen (secondary N) is 1. The Hall–Kier alpha value is -4.61. The van der Waals surface area contributed by atoms with Crippen molar-refractivity contribution in [1.29, 1.82) is 0 Å². The van der Waals surface area contributed by atoms with Crippen molar-refractivity contribution >= 4 is 28.6 Å². The molecule has 1 unspecified atom stereocenters. The number of nitrogens with zero attached hydrogens (tertiary/aromatic N) is 4. The van der Waals surface area contributed by atoms with Gasteiger partial charge in [0.1, 0.15) is 23.9 Å². The molecule has 2 aliphatic carbocycles. The number of benzene rings is 2. The predicted molar refractivity (Wildman–Crippen MR) is 198 cm³/mol. The van der Waals surface area contributed by atoms with E-state index in [1.54, 1.807) is 19.2 Å². The van der Waals surface area contributed by atoms with Crippen LogP contribution >= 0.6 is 0 Å². The minimum Gasteiger partial charge on any atom is -0.497 e. The third-order valence-electron chi connectivity index (χ3n) is 11.5. The highest BCUT2D eigenvalue weighted by atomic mass is 16.5. The number of hydrogen-bond acceptors (Lipinski definition) is 8. The maximum atomic E-state index is 14.3. The molecule has 0 bridgehead atoms. The zero-order valence-electron chi connectivity index (χ0n) is 30.5. The van der Waals surface area contributed by atoms with Crippen molar-refractivity contribution in [3.8, 4) is 11.5 Å². The molecule has 4 heterocycles. The molecule has 1 saturated carbocycles. The normalized spacial score (nSPS) is 21.1. The van der Waals surface area contributed by atoms with Crippen molar-refractivity contribution in [3.63, 3.8) is 0 Å². The minimum atomic E-state index is -0.995. The van der Waals surface area contributed by atoms with Gasteiger partial charge in [-0.1, -0.05) is 31.4 Å². The van der Waals surface area contributed by atoms with Gasteiger partial charge in [0.2, 0.25) is 5.91 Å². The average Bonchev–Trinajstić information content (AvgIpc) is 3.63. The summed E-state index contributed by atoms with van der Waals surface area (Å²) in [5.41, 5.74) is 6.63. The maximum absolute atomic E-state index is 14.3. The van der Waals surface area contributed by atoms with Crippen molar-refractivity contribution in [2.75, 3.05) is 53.1 Å². The quantitative estimate of drug-likeness (QED) is 0.287. The highest BCUT2D eigenvalue weighted by molar-refractivity contribution is 5.96. The lowest BCUT2D eigenvalue weighted by atomic mass is 9.77.